The summed E-state index contributed by atoms with van der Waals surface area (Å²) in [5.41, 5.74) is 0.565. The highest BCUT2D eigenvalue weighted by atomic mass is 32.2. The highest BCUT2D eigenvalue weighted by molar-refractivity contribution is 7.91. The topological polar surface area (TPSA) is 84.8 Å². The maximum absolute atomic E-state index is 13.1. The van der Waals surface area contributed by atoms with Gasteiger partial charge in [0.25, 0.3) is 0 Å². The van der Waals surface area contributed by atoms with Crippen LogP contribution in [0.4, 0.5) is 16.0 Å². The zero-order valence-corrected chi connectivity index (χ0v) is 12.5. The highest BCUT2D eigenvalue weighted by Gasteiger charge is 2.12. The lowest BCUT2D eigenvalue weighted by molar-refractivity contribution is 0.529. The van der Waals surface area contributed by atoms with Crippen molar-refractivity contribution < 1.29 is 12.8 Å². The first-order valence-electron chi connectivity index (χ1n) is 6.39. The second kappa shape index (κ2) is 6.13. The Morgan fingerprint density at radius 3 is 2.38 bits per heavy atom. The molecule has 0 saturated carbocycles. The van der Waals surface area contributed by atoms with E-state index in [9.17, 15) is 12.8 Å². The molecule has 0 unspecified atom stereocenters. The van der Waals surface area contributed by atoms with Gasteiger partial charge in [0.05, 0.1) is 10.6 Å². The SMILES string of the molecule is CCCS(=O)(=O)c1ccc(Nc2nc(C)nc(F)n2)cc1. The smallest absolute Gasteiger partial charge is 0.313 e. The van der Waals surface area contributed by atoms with E-state index in [1.807, 2.05) is 6.92 Å². The predicted octanol–water partition coefficient (Wildman–Crippen LogP) is 2.25. The van der Waals surface area contributed by atoms with Crippen molar-refractivity contribution in [3.63, 3.8) is 0 Å². The molecule has 0 atom stereocenters. The van der Waals surface area contributed by atoms with Gasteiger partial charge in [-0.25, -0.2) is 8.42 Å². The second-order valence-electron chi connectivity index (χ2n) is 4.44. The van der Waals surface area contributed by atoms with Gasteiger partial charge in [-0.05, 0) is 37.6 Å². The Balaban J connectivity index is 2.20. The Bertz CT molecular complexity index is 712. The van der Waals surface area contributed by atoms with Gasteiger partial charge in [-0.2, -0.15) is 19.3 Å². The van der Waals surface area contributed by atoms with Crippen molar-refractivity contribution in [1.82, 2.24) is 15.0 Å². The predicted molar refractivity (Wildman–Crippen MR) is 76.6 cm³/mol. The molecule has 1 aromatic carbocycles. The minimum atomic E-state index is -3.24. The molecule has 8 heteroatoms. The van der Waals surface area contributed by atoms with Gasteiger partial charge in [0.1, 0.15) is 5.82 Å². The van der Waals surface area contributed by atoms with E-state index in [-0.39, 0.29) is 22.4 Å². The summed E-state index contributed by atoms with van der Waals surface area (Å²) in [4.78, 5) is 11.1. The first-order chi connectivity index (χ1) is 9.90. The van der Waals surface area contributed by atoms with Gasteiger partial charge in [-0.15, -0.1) is 0 Å². The number of benzene rings is 1. The number of sulfone groups is 1. The van der Waals surface area contributed by atoms with Crippen LogP contribution in [0, 0.1) is 13.0 Å². The van der Waals surface area contributed by atoms with Gasteiger partial charge in [0.15, 0.2) is 9.84 Å². The van der Waals surface area contributed by atoms with E-state index < -0.39 is 15.9 Å². The molecule has 1 aromatic heterocycles. The van der Waals surface area contributed by atoms with Crippen molar-refractivity contribution >= 4 is 21.5 Å². The molecule has 112 valence electrons. The maximum Gasteiger partial charge on any atom is 0.313 e. The number of anilines is 2. The van der Waals surface area contributed by atoms with Gasteiger partial charge in [-0.1, -0.05) is 6.92 Å². The van der Waals surface area contributed by atoms with Gasteiger partial charge < -0.3 is 5.32 Å². The molecule has 2 aromatic rings. The highest BCUT2D eigenvalue weighted by Crippen LogP contribution is 2.18. The third-order valence-electron chi connectivity index (χ3n) is 2.66. The van der Waals surface area contributed by atoms with Crippen LogP contribution in [0.2, 0.25) is 0 Å². The number of rotatable bonds is 5. The van der Waals surface area contributed by atoms with E-state index in [4.69, 9.17) is 0 Å². The third kappa shape index (κ3) is 3.94. The van der Waals surface area contributed by atoms with Crippen LogP contribution < -0.4 is 5.32 Å². The lowest BCUT2D eigenvalue weighted by Crippen LogP contribution is -2.06. The average molecular weight is 310 g/mol. The first kappa shape index (κ1) is 15.3. The monoisotopic (exact) mass is 310 g/mol. The molecule has 0 radical (unpaired) electrons. The van der Waals surface area contributed by atoms with Gasteiger partial charge in [0.2, 0.25) is 5.95 Å². The first-order valence-corrected chi connectivity index (χ1v) is 8.04. The Labute approximate surface area is 122 Å². The van der Waals surface area contributed by atoms with E-state index in [0.717, 1.165) is 0 Å². The summed E-state index contributed by atoms with van der Waals surface area (Å²) in [6.07, 6.45) is -0.307. The summed E-state index contributed by atoms with van der Waals surface area (Å²) >= 11 is 0. The number of nitrogens with zero attached hydrogens (tertiary/aromatic N) is 3. The lowest BCUT2D eigenvalue weighted by atomic mass is 10.3. The molecule has 0 aliphatic rings. The van der Waals surface area contributed by atoms with Crippen molar-refractivity contribution in [2.45, 2.75) is 25.2 Å². The minimum absolute atomic E-state index is 0.0733. The van der Waals surface area contributed by atoms with Crippen molar-refractivity contribution in [2.75, 3.05) is 11.1 Å². The van der Waals surface area contributed by atoms with Crippen molar-refractivity contribution in [3.05, 3.63) is 36.2 Å². The third-order valence-corrected chi connectivity index (χ3v) is 4.60. The van der Waals surface area contributed by atoms with Gasteiger partial charge in [-0.3, -0.25) is 0 Å². The number of aryl methyl sites for hydroxylation is 1. The number of hydrogen-bond donors (Lipinski definition) is 1. The molecule has 1 heterocycles. The number of hydrogen-bond acceptors (Lipinski definition) is 6. The minimum Gasteiger partial charge on any atom is -0.324 e. The summed E-state index contributed by atoms with van der Waals surface area (Å²) < 4.78 is 36.8. The second-order valence-corrected chi connectivity index (χ2v) is 6.55. The van der Waals surface area contributed by atoms with Crippen LogP contribution in [0.15, 0.2) is 29.2 Å². The van der Waals surface area contributed by atoms with Crippen molar-refractivity contribution in [2.24, 2.45) is 0 Å². The van der Waals surface area contributed by atoms with Crippen LogP contribution in [0.25, 0.3) is 0 Å². The summed E-state index contributed by atoms with van der Waals surface area (Å²) in [5.74, 6) is 0.439. The lowest BCUT2D eigenvalue weighted by Gasteiger charge is -2.07. The molecule has 1 N–H and O–H groups in total. The fourth-order valence-electron chi connectivity index (χ4n) is 1.77. The van der Waals surface area contributed by atoms with E-state index >= 15 is 0 Å². The Hall–Kier alpha value is -2.09. The fourth-order valence-corrected chi connectivity index (χ4v) is 3.09. The van der Waals surface area contributed by atoms with E-state index in [2.05, 4.69) is 20.3 Å². The van der Waals surface area contributed by atoms with E-state index in [1.165, 1.54) is 12.1 Å². The van der Waals surface area contributed by atoms with Gasteiger partial charge in [0, 0.05) is 5.69 Å². The van der Waals surface area contributed by atoms with Crippen LogP contribution in [-0.2, 0) is 9.84 Å². The van der Waals surface area contributed by atoms with Crippen LogP contribution >= 0.6 is 0 Å². The molecule has 0 aliphatic heterocycles. The molecule has 0 saturated heterocycles. The van der Waals surface area contributed by atoms with Crippen molar-refractivity contribution in [3.8, 4) is 0 Å². The maximum atomic E-state index is 13.1. The van der Waals surface area contributed by atoms with E-state index in [1.54, 1.807) is 19.1 Å². The molecular weight excluding hydrogens is 295 g/mol. The van der Waals surface area contributed by atoms with Crippen molar-refractivity contribution in [1.29, 1.82) is 0 Å². The zero-order chi connectivity index (χ0) is 15.5. The Kier molecular flexibility index (Phi) is 4.46. The molecule has 6 nitrogen and oxygen atoms in total. The number of nitrogens with one attached hydrogen (secondary N) is 1. The zero-order valence-electron chi connectivity index (χ0n) is 11.7. The summed E-state index contributed by atoms with van der Waals surface area (Å²) in [5, 5.41) is 2.80. The molecule has 0 fully saturated rings. The normalized spacial score (nSPS) is 11.4. The van der Waals surface area contributed by atoms with Crippen LogP contribution in [0.5, 0.6) is 0 Å². The van der Waals surface area contributed by atoms with Gasteiger partial charge >= 0.3 is 6.08 Å². The summed E-state index contributed by atoms with van der Waals surface area (Å²) in [6, 6.07) is 6.16. The summed E-state index contributed by atoms with van der Waals surface area (Å²) in [6.45, 7) is 3.36. The van der Waals surface area contributed by atoms with Crippen LogP contribution in [0.1, 0.15) is 19.2 Å². The molecule has 21 heavy (non-hydrogen) atoms. The molecular formula is C13H15FN4O2S. The average Bonchev–Trinajstić information content (AvgIpc) is 2.38. The van der Waals surface area contributed by atoms with Crippen LogP contribution in [0.3, 0.4) is 0 Å². The molecule has 0 spiro atoms. The summed E-state index contributed by atoms with van der Waals surface area (Å²) in [7, 11) is -3.24. The quantitative estimate of drug-likeness (QED) is 0.911. The molecule has 0 amide bonds. The Morgan fingerprint density at radius 1 is 1.14 bits per heavy atom. The number of halogens is 1. The Morgan fingerprint density at radius 2 is 1.81 bits per heavy atom. The van der Waals surface area contributed by atoms with Crippen LogP contribution in [-0.4, -0.2) is 29.1 Å². The molecule has 0 aliphatic carbocycles. The fraction of sp³-hybridized carbons (Fsp3) is 0.308. The molecule has 2 rings (SSSR count). The largest absolute Gasteiger partial charge is 0.324 e. The standard InChI is InChI=1S/C13H15FN4O2S/c1-3-8-21(19,20)11-6-4-10(5-7-11)17-13-16-9(2)15-12(14)18-13/h4-7H,3,8H2,1-2H3,(H,15,16,17,18). The van der Waals surface area contributed by atoms with E-state index in [0.29, 0.717) is 12.1 Å². The number of aromatic nitrogens is 3. The molecule has 0 bridgehead atoms.